The van der Waals surface area contributed by atoms with Crippen molar-refractivity contribution < 1.29 is 8.91 Å². The van der Waals surface area contributed by atoms with Gasteiger partial charge in [0.2, 0.25) is 0 Å². The standard InChI is InChI=1S/C9H6BrFN2O/c10-7-3-5(11)1-2-6(7)8-4-9(12)13-14-8/h1-4H,(H2,12,13). The van der Waals surface area contributed by atoms with Crippen LogP contribution in [0.5, 0.6) is 0 Å². The molecule has 0 unspecified atom stereocenters. The minimum Gasteiger partial charge on any atom is -0.381 e. The summed E-state index contributed by atoms with van der Waals surface area (Å²) in [5.74, 6) is 0.499. The van der Waals surface area contributed by atoms with Crippen LogP contribution in [0.2, 0.25) is 0 Å². The fraction of sp³-hybridized carbons (Fsp3) is 0. The Morgan fingerprint density at radius 1 is 1.36 bits per heavy atom. The predicted octanol–water partition coefficient (Wildman–Crippen LogP) is 2.83. The van der Waals surface area contributed by atoms with Gasteiger partial charge in [0.1, 0.15) is 5.82 Å². The molecule has 2 N–H and O–H groups in total. The number of hydrogen-bond donors (Lipinski definition) is 1. The van der Waals surface area contributed by atoms with Gasteiger partial charge in [0.25, 0.3) is 0 Å². The van der Waals surface area contributed by atoms with Crippen molar-refractivity contribution in [2.45, 2.75) is 0 Å². The molecule has 14 heavy (non-hydrogen) atoms. The SMILES string of the molecule is Nc1cc(-c2ccc(F)cc2Br)on1. The van der Waals surface area contributed by atoms with Gasteiger partial charge >= 0.3 is 0 Å². The third-order valence-electron chi connectivity index (χ3n) is 1.72. The second kappa shape index (κ2) is 3.42. The summed E-state index contributed by atoms with van der Waals surface area (Å²) >= 11 is 3.22. The maximum absolute atomic E-state index is 12.8. The van der Waals surface area contributed by atoms with Gasteiger partial charge in [-0.2, -0.15) is 0 Å². The summed E-state index contributed by atoms with van der Waals surface area (Å²) in [6.07, 6.45) is 0. The number of nitrogen functional groups attached to an aromatic ring is 1. The predicted molar refractivity (Wildman–Crippen MR) is 54.0 cm³/mol. The van der Waals surface area contributed by atoms with E-state index in [-0.39, 0.29) is 5.82 Å². The molecule has 2 aromatic rings. The normalized spacial score (nSPS) is 10.4. The molecule has 0 saturated heterocycles. The molecule has 0 fully saturated rings. The second-order valence-electron chi connectivity index (χ2n) is 2.74. The van der Waals surface area contributed by atoms with E-state index in [1.54, 1.807) is 12.1 Å². The minimum absolute atomic E-state index is 0.302. The Bertz CT molecular complexity index is 470. The Morgan fingerprint density at radius 3 is 2.71 bits per heavy atom. The molecule has 0 atom stereocenters. The van der Waals surface area contributed by atoms with Crippen molar-refractivity contribution in [1.82, 2.24) is 5.16 Å². The summed E-state index contributed by atoms with van der Waals surface area (Å²) in [7, 11) is 0. The number of benzene rings is 1. The molecular weight excluding hydrogens is 251 g/mol. The van der Waals surface area contributed by atoms with E-state index in [2.05, 4.69) is 21.1 Å². The van der Waals surface area contributed by atoms with Gasteiger partial charge in [-0.15, -0.1) is 0 Å². The van der Waals surface area contributed by atoms with Crippen molar-refractivity contribution in [2.24, 2.45) is 0 Å². The lowest BCUT2D eigenvalue weighted by Gasteiger charge is -1.98. The zero-order valence-corrected chi connectivity index (χ0v) is 8.58. The summed E-state index contributed by atoms with van der Waals surface area (Å²) in [6, 6.07) is 5.88. The number of aromatic nitrogens is 1. The van der Waals surface area contributed by atoms with Gasteiger partial charge in [0, 0.05) is 16.1 Å². The van der Waals surface area contributed by atoms with Gasteiger partial charge in [0.05, 0.1) is 0 Å². The Morgan fingerprint density at radius 2 is 2.14 bits per heavy atom. The van der Waals surface area contributed by atoms with Gasteiger partial charge in [-0.1, -0.05) is 5.16 Å². The highest BCUT2D eigenvalue weighted by Gasteiger charge is 2.09. The van der Waals surface area contributed by atoms with Crippen molar-refractivity contribution in [3.05, 3.63) is 34.6 Å². The summed E-state index contributed by atoms with van der Waals surface area (Å²) in [5.41, 5.74) is 6.12. The molecule has 0 amide bonds. The highest BCUT2D eigenvalue weighted by molar-refractivity contribution is 9.10. The monoisotopic (exact) mass is 256 g/mol. The fourth-order valence-electron chi connectivity index (χ4n) is 1.11. The molecule has 0 spiro atoms. The van der Waals surface area contributed by atoms with Crippen LogP contribution in [0.25, 0.3) is 11.3 Å². The first kappa shape index (κ1) is 9.21. The van der Waals surface area contributed by atoms with Crippen LogP contribution in [0.3, 0.4) is 0 Å². The molecule has 0 aliphatic carbocycles. The van der Waals surface area contributed by atoms with Gasteiger partial charge in [-0.3, -0.25) is 0 Å². The Hall–Kier alpha value is -1.36. The summed E-state index contributed by atoms with van der Waals surface area (Å²) in [4.78, 5) is 0. The molecule has 0 aliphatic rings. The number of anilines is 1. The summed E-state index contributed by atoms with van der Waals surface area (Å²) < 4.78 is 18.3. The lowest BCUT2D eigenvalue weighted by atomic mass is 10.2. The van der Waals surface area contributed by atoms with Crippen LogP contribution in [0.15, 0.2) is 33.3 Å². The molecule has 1 aromatic carbocycles. The maximum Gasteiger partial charge on any atom is 0.170 e. The number of nitrogens with two attached hydrogens (primary N) is 1. The minimum atomic E-state index is -0.312. The van der Waals surface area contributed by atoms with Gasteiger partial charge in [-0.25, -0.2) is 4.39 Å². The van der Waals surface area contributed by atoms with Crippen LogP contribution < -0.4 is 5.73 Å². The van der Waals surface area contributed by atoms with Crippen molar-refractivity contribution in [3.63, 3.8) is 0 Å². The molecule has 1 heterocycles. The molecule has 3 nitrogen and oxygen atoms in total. The van der Waals surface area contributed by atoms with Gasteiger partial charge in [0.15, 0.2) is 11.6 Å². The maximum atomic E-state index is 12.8. The average Bonchev–Trinajstić information content (AvgIpc) is 2.51. The van der Waals surface area contributed by atoms with E-state index in [1.165, 1.54) is 12.1 Å². The van der Waals surface area contributed by atoms with Crippen molar-refractivity contribution in [2.75, 3.05) is 5.73 Å². The van der Waals surface area contributed by atoms with Crippen LogP contribution in [0.1, 0.15) is 0 Å². The van der Waals surface area contributed by atoms with Crippen LogP contribution in [0.4, 0.5) is 10.2 Å². The van der Waals surface area contributed by atoms with E-state index < -0.39 is 0 Å². The molecule has 0 radical (unpaired) electrons. The molecule has 1 aromatic heterocycles. The third-order valence-corrected chi connectivity index (χ3v) is 2.38. The average molecular weight is 257 g/mol. The molecule has 2 rings (SSSR count). The fourth-order valence-corrected chi connectivity index (χ4v) is 1.65. The first-order chi connectivity index (χ1) is 6.66. The molecular formula is C9H6BrFN2O. The lowest BCUT2D eigenvalue weighted by molar-refractivity contribution is 0.435. The Labute approximate surface area is 87.8 Å². The van der Waals surface area contributed by atoms with E-state index in [1.807, 2.05) is 0 Å². The van der Waals surface area contributed by atoms with Gasteiger partial charge < -0.3 is 10.3 Å². The highest BCUT2D eigenvalue weighted by Crippen LogP contribution is 2.29. The largest absolute Gasteiger partial charge is 0.381 e. The highest BCUT2D eigenvalue weighted by atomic mass is 79.9. The third kappa shape index (κ3) is 1.63. The number of nitrogens with zero attached hydrogens (tertiary/aromatic N) is 1. The van der Waals surface area contributed by atoms with Crippen LogP contribution in [-0.4, -0.2) is 5.16 Å². The summed E-state index contributed by atoms with van der Waals surface area (Å²) in [5, 5.41) is 3.54. The molecule has 5 heteroatoms. The Balaban J connectivity index is 2.52. The van der Waals surface area contributed by atoms with E-state index in [0.717, 1.165) is 5.56 Å². The second-order valence-corrected chi connectivity index (χ2v) is 3.59. The Kier molecular flexibility index (Phi) is 2.25. The molecule has 0 saturated carbocycles. The number of hydrogen-bond acceptors (Lipinski definition) is 3. The van der Waals surface area contributed by atoms with Gasteiger partial charge in [-0.05, 0) is 34.1 Å². The first-order valence-electron chi connectivity index (χ1n) is 3.84. The molecule has 72 valence electrons. The van der Waals surface area contributed by atoms with Crippen molar-refractivity contribution in [1.29, 1.82) is 0 Å². The van der Waals surface area contributed by atoms with E-state index in [4.69, 9.17) is 10.3 Å². The first-order valence-corrected chi connectivity index (χ1v) is 4.64. The lowest BCUT2D eigenvalue weighted by Crippen LogP contribution is -1.81. The van der Waals surface area contributed by atoms with Crippen LogP contribution >= 0.6 is 15.9 Å². The van der Waals surface area contributed by atoms with E-state index in [9.17, 15) is 4.39 Å². The number of halogens is 2. The smallest absolute Gasteiger partial charge is 0.170 e. The topological polar surface area (TPSA) is 52.0 Å². The zero-order chi connectivity index (χ0) is 10.1. The van der Waals surface area contributed by atoms with Crippen LogP contribution in [-0.2, 0) is 0 Å². The van der Waals surface area contributed by atoms with Crippen molar-refractivity contribution in [3.8, 4) is 11.3 Å². The van der Waals surface area contributed by atoms with Crippen molar-refractivity contribution >= 4 is 21.7 Å². The molecule has 0 bridgehead atoms. The van der Waals surface area contributed by atoms with E-state index >= 15 is 0 Å². The summed E-state index contributed by atoms with van der Waals surface area (Å²) in [6.45, 7) is 0. The van der Waals surface area contributed by atoms with E-state index in [0.29, 0.717) is 16.1 Å². The molecule has 0 aliphatic heterocycles. The van der Waals surface area contributed by atoms with Crippen LogP contribution in [0, 0.1) is 5.82 Å². The zero-order valence-electron chi connectivity index (χ0n) is 7.00. The number of rotatable bonds is 1. The quantitative estimate of drug-likeness (QED) is 0.854.